The van der Waals surface area contributed by atoms with Gasteiger partial charge in [0.05, 0.1) is 11.9 Å². The predicted molar refractivity (Wildman–Crippen MR) is 80.5 cm³/mol. The van der Waals surface area contributed by atoms with Crippen molar-refractivity contribution in [3.8, 4) is 5.75 Å². The summed E-state index contributed by atoms with van der Waals surface area (Å²) in [6.45, 7) is 2.74. The molecule has 3 aromatic rings. The van der Waals surface area contributed by atoms with Gasteiger partial charge in [-0.1, -0.05) is 29.5 Å². The minimum Gasteiger partial charge on any atom is -0.492 e. The van der Waals surface area contributed by atoms with E-state index >= 15 is 0 Å². The first-order valence-electron chi connectivity index (χ1n) is 6.76. The van der Waals surface area contributed by atoms with E-state index < -0.39 is 0 Å². The molecular weight excluding hydrogens is 266 g/mol. The van der Waals surface area contributed by atoms with E-state index in [1.807, 2.05) is 43.3 Å². The summed E-state index contributed by atoms with van der Waals surface area (Å²) in [4.78, 5) is 12.2. The molecule has 0 aliphatic rings. The Morgan fingerprint density at radius 3 is 2.86 bits per heavy atom. The number of nitrogens with zero attached hydrogens (tertiary/aromatic N) is 3. The molecule has 1 aromatic heterocycles. The van der Waals surface area contributed by atoms with E-state index in [0.29, 0.717) is 24.1 Å². The van der Waals surface area contributed by atoms with Crippen LogP contribution in [-0.2, 0) is 6.54 Å². The highest BCUT2D eigenvalue weighted by molar-refractivity contribution is 5.76. The highest BCUT2D eigenvalue weighted by Crippen LogP contribution is 2.12. The van der Waals surface area contributed by atoms with E-state index in [1.54, 1.807) is 12.1 Å². The largest absolute Gasteiger partial charge is 0.492 e. The predicted octanol–water partition coefficient (Wildman–Crippen LogP) is 2.18. The summed E-state index contributed by atoms with van der Waals surface area (Å²) in [6.07, 6.45) is 0. The molecule has 0 saturated carbocycles. The molecule has 0 radical (unpaired) electrons. The van der Waals surface area contributed by atoms with E-state index in [0.717, 1.165) is 11.3 Å². The molecule has 0 unspecified atom stereocenters. The molecule has 0 aliphatic heterocycles. The van der Waals surface area contributed by atoms with Crippen molar-refractivity contribution in [1.29, 1.82) is 0 Å². The molecule has 106 valence electrons. The maximum absolute atomic E-state index is 12.2. The summed E-state index contributed by atoms with van der Waals surface area (Å²) >= 11 is 0. The summed E-state index contributed by atoms with van der Waals surface area (Å²) in [5.74, 6) is 0.789. The maximum Gasteiger partial charge on any atom is 0.277 e. The first-order chi connectivity index (χ1) is 10.2. The molecule has 0 N–H and O–H groups in total. The van der Waals surface area contributed by atoms with Gasteiger partial charge < -0.3 is 4.74 Å². The highest BCUT2D eigenvalue weighted by Gasteiger charge is 2.04. The Hall–Kier alpha value is -2.69. The topological polar surface area (TPSA) is 57.0 Å². The Balaban J connectivity index is 1.74. The summed E-state index contributed by atoms with van der Waals surface area (Å²) in [7, 11) is 0. The molecule has 3 rings (SSSR count). The SMILES string of the molecule is Cc1cccc(OCCn2nnc3ccccc3c2=O)c1. The van der Waals surface area contributed by atoms with Crippen molar-refractivity contribution in [3.05, 3.63) is 64.4 Å². The average Bonchev–Trinajstić information content (AvgIpc) is 2.50. The summed E-state index contributed by atoms with van der Waals surface area (Å²) < 4.78 is 6.96. The minimum atomic E-state index is -0.145. The van der Waals surface area contributed by atoms with Gasteiger partial charge in [0.1, 0.15) is 17.9 Å². The summed E-state index contributed by atoms with van der Waals surface area (Å²) in [5.41, 5.74) is 1.60. The molecule has 0 atom stereocenters. The number of benzene rings is 2. The Morgan fingerprint density at radius 2 is 2.00 bits per heavy atom. The third-order valence-corrected chi connectivity index (χ3v) is 3.19. The molecule has 0 amide bonds. The van der Waals surface area contributed by atoms with Crippen molar-refractivity contribution < 1.29 is 4.74 Å². The van der Waals surface area contributed by atoms with Crippen molar-refractivity contribution in [2.75, 3.05) is 6.61 Å². The second kappa shape index (κ2) is 5.75. The van der Waals surface area contributed by atoms with Gasteiger partial charge in [-0.05, 0) is 36.8 Å². The molecule has 21 heavy (non-hydrogen) atoms. The lowest BCUT2D eigenvalue weighted by Gasteiger charge is -2.08. The van der Waals surface area contributed by atoms with Crippen LogP contribution in [0.5, 0.6) is 5.75 Å². The molecular formula is C16H15N3O2. The van der Waals surface area contributed by atoms with Crippen molar-refractivity contribution in [2.45, 2.75) is 13.5 Å². The molecule has 0 aliphatic carbocycles. The fourth-order valence-electron chi connectivity index (χ4n) is 2.12. The molecule has 0 spiro atoms. The van der Waals surface area contributed by atoms with E-state index in [4.69, 9.17) is 4.74 Å². The molecule has 2 aromatic carbocycles. The third-order valence-electron chi connectivity index (χ3n) is 3.19. The molecule has 5 heteroatoms. The lowest BCUT2D eigenvalue weighted by atomic mass is 10.2. The van der Waals surface area contributed by atoms with Crippen LogP contribution in [0.4, 0.5) is 0 Å². The van der Waals surface area contributed by atoms with Crippen LogP contribution in [0.2, 0.25) is 0 Å². The van der Waals surface area contributed by atoms with Crippen molar-refractivity contribution in [1.82, 2.24) is 15.0 Å². The van der Waals surface area contributed by atoms with Gasteiger partial charge in [-0.3, -0.25) is 4.79 Å². The molecule has 0 bridgehead atoms. The average molecular weight is 281 g/mol. The van der Waals surface area contributed by atoms with Crippen LogP contribution >= 0.6 is 0 Å². The fraction of sp³-hybridized carbons (Fsp3) is 0.188. The lowest BCUT2D eigenvalue weighted by molar-refractivity contribution is 0.285. The number of ether oxygens (including phenoxy) is 1. The van der Waals surface area contributed by atoms with E-state index in [9.17, 15) is 4.79 Å². The zero-order valence-corrected chi connectivity index (χ0v) is 11.7. The molecule has 1 heterocycles. The molecule has 0 saturated heterocycles. The van der Waals surface area contributed by atoms with E-state index in [2.05, 4.69) is 10.3 Å². The van der Waals surface area contributed by atoms with Crippen LogP contribution < -0.4 is 10.3 Å². The minimum absolute atomic E-state index is 0.145. The maximum atomic E-state index is 12.2. The van der Waals surface area contributed by atoms with Gasteiger partial charge in [-0.25, -0.2) is 4.68 Å². The van der Waals surface area contributed by atoms with Crippen molar-refractivity contribution >= 4 is 10.9 Å². The van der Waals surface area contributed by atoms with E-state index in [1.165, 1.54) is 4.68 Å². The van der Waals surface area contributed by atoms with Gasteiger partial charge in [0.2, 0.25) is 0 Å². The van der Waals surface area contributed by atoms with Crippen LogP contribution in [0.3, 0.4) is 0 Å². The van der Waals surface area contributed by atoms with Gasteiger partial charge in [-0.2, -0.15) is 0 Å². The number of rotatable bonds is 4. The van der Waals surface area contributed by atoms with Crippen LogP contribution in [0, 0.1) is 6.92 Å². The molecule has 5 nitrogen and oxygen atoms in total. The Morgan fingerprint density at radius 1 is 1.14 bits per heavy atom. The normalized spacial score (nSPS) is 10.7. The highest BCUT2D eigenvalue weighted by atomic mass is 16.5. The van der Waals surface area contributed by atoms with Gasteiger partial charge in [-0.15, -0.1) is 5.10 Å². The van der Waals surface area contributed by atoms with Crippen LogP contribution in [0.25, 0.3) is 10.9 Å². The quantitative estimate of drug-likeness (QED) is 0.735. The van der Waals surface area contributed by atoms with E-state index in [-0.39, 0.29) is 5.56 Å². The Bertz CT molecular complexity index is 827. The summed E-state index contributed by atoms with van der Waals surface area (Å²) in [6, 6.07) is 15.0. The van der Waals surface area contributed by atoms with Crippen LogP contribution in [0.1, 0.15) is 5.56 Å². The Kier molecular flexibility index (Phi) is 3.64. The fourth-order valence-corrected chi connectivity index (χ4v) is 2.12. The zero-order chi connectivity index (χ0) is 14.7. The Labute approximate surface area is 121 Å². The molecule has 0 fully saturated rings. The van der Waals surface area contributed by atoms with Gasteiger partial charge >= 0.3 is 0 Å². The number of fused-ring (bicyclic) bond motifs is 1. The van der Waals surface area contributed by atoms with Gasteiger partial charge in [0.15, 0.2) is 0 Å². The van der Waals surface area contributed by atoms with Crippen molar-refractivity contribution in [2.24, 2.45) is 0 Å². The smallest absolute Gasteiger partial charge is 0.277 e. The zero-order valence-electron chi connectivity index (χ0n) is 11.7. The summed E-state index contributed by atoms with van der Waals surface area (Å²) in [5, 5.41) is 8.54. The second-order valence-corrected chi connectivity index (χ2v) is 4.80. The van der Waals surface area contributed by atoms with Crippen molar-refractivity contribution in [3.63, 3.8) is 0 Å². The van der Waals surface area contributed by atoms with Gasteiger partial charge in [0, 0.05) is 0 Å². The van der Waals surface area contributed by atoms with Crippen LogP contribution in [-0.4, -0.2) is 21.6 Å². The monoisotopic (exact) mass is 281 g/mol. The number of hydrogen-bond donors (Lipinski definition) is 0. The first-order valence-corrected chi connectivity index (χ1v) is 6.76. The first kappa shape index (κ1) is 13.3. The van der Waals surface area contributed by atoms with Crippen LogP contribution in [0.15, 0.2) is 53.3 Å². The number of aryl methyl sites for hydroxylation is 1. The number of hydrogen-bond acceptors (Lipinski definition) is 4. The standard InChI is InChI=1S/C16H15N3O2/c1-12-5-4-6-13(11-12)21-10-9-19-16(20)14-7-2-3-8-15(14)17-18-19/h2-8,11H,9-10H2,1H3. The second-order valence-electron chi connectivity index (χ2n) is 4.80. The van der Waals surface area contributed by atoms with Gasteiger partial charge in [0.25, 0.3) is 5.56 Å². The lowest BCUT2D eigenvalue weighted by Crippen LogP contribution is -2.26. The number of aromatic nitrogens is 3. The third kappa shape index (κ3) is 2.91.